The summed E-state index contributed by atoms with van der Waals surface area (Å²) in [6, 6.07) is 16.3. The van der Waals surface area contributed by atoms with Gasteiger partial charge in [0.25, 0.3) is 0 Å². The molecule has 3 aromatic rings. The van der Waals surface area contributed by atoms with E-state index < -0.39 is 6.04 Å². The van der Waals surface area contributed by atoms with Crippen LogP contribution in [0.15, 0.2) is 65.9 Å². The van der Waals surface area contributed by atoms with Crippen molar-refractivity contribution in [2.45, 2.75) is 38.1 Å². The summed E-state index contributed by atoms with van der Waals surface area (Å²) in [5, 5.41) is 3.55. The van der Waals surface area contributed by atoms with Gasteiger partial charge in [0.2, 0.25) is 11.7 Å². The summed E-state index contributed by atoms with van der Waals surface area (Å²) < 4.78 is 27.9. The molecule has 5 rings (SSSR count). The molecule has 9 nitrogen and oxygen atoms in total. The fraction of sp³-hybridized carbons (Fsp3) is 0.333. The Labute approximate surface area is 246 Å². The number of carbonyl (C=O) groups is 2. The normalized spacial score (nSPS) is 17.9. The zero-order chi connectivity index (χ0) is 30.0. The van der Waals surface area contributed by atoms with Crippen molar-refractivity contribution in [2.75, 3.05) is 45.8 Å². The average Bonchev–Trinajstić information content (AvgIpc) is 3.17. The molecule has 3 aromatic carbocycles. The van der Waals surface area contributed by atoms with Crippen molar-refractivity contribution in [1.29, 1.82) is 0 Å². The number of hydrogen-bond donors (Lipinski definition) is 1. The van der Waals surface area contributed by atoms with Crippen LogP contribution >= 0.6 is 0 Å². The number of amides is 1. The Morgan fingerprint density at radius 2 is 1.45 bits per heavy atom. The Bertz CT molecular complexity index is 1520. The zero-order valence-corrected chi connectivity index (χ0v) is 24.8. The molecule has 1 aliphatic heterocycles. The number of methoxy groups -OCH3 is 5. The molecule has 0 bridgehead atoms. The number of fused-ring (bicyclic) bond motifs is 1. The first-order valence-electron chi connectivity index (χ1n) is 13.8. The van der Waals surface area contributed by atoms with Crippen molar-refractivity contribution in [3.8, 4) is 28.7 Å². The number of nitrogens with zero attached hydrogens (tertiary/aromatic N) is 1. The number of anilines is 2. The van der Waals surface area contributed by atoms with Crippen LogP contribution in [0.1, 0.15) is 49.3 Å². The van der Waals surface area contributed by atoms with Crippen molar-refractivity contribution in [3.63, 3.8) is 0 Å². The van der Waals surface area contributed by atoms with E-state index in [1.54, 1.807) is 40.4 Å². The van der Waals surface area contributed by atoms with Gasteiger partial charge in [-0.3, -0.25) is 14.5 Å². The average molecular weight is 573 g/mol. The first-order valence-corrected chi connectivity index (χ1v) is 13.8. The van der Waals surface area contributed by atoms with E-state index in [-0.39, 0.29) is 30.4 Å². The molecule has 1 heterocycles. The van der Waals surface area contributed by atoms with Crippen LogP contribution in [0.25, 0.3) is 0 Å². The van der Waals surface area contributed by atoms with Crippen molar-refractivity contribution >= 4 is 23.1 Å². The van der Waals surface area contributed by atoms with E-state index in [1.807, 2.05) is 61.5 Å². The van der Waals surface area contributed by atoms with Gasteiger partial charge in [0.1, 0.15) is 0 Å². The highest BCUT2D eigenvalue weighted by atomic mass is 16.5. The maximum Gasteiger partial charge on any atom is 0.227 e. The minimum Gasteiger partial charge on any atom is -0.493 e. The fourth-order valence-electron chi connectivity index (χ4n) is 5.95. The highest BCUT2D eigenvalue weighted by Gasteiger charge is 2.42. The molecule has 0 unspecified atom stereocenters. The number of ketones is 1. The molecule has 2 aliphatic rings. The predicted molar refractivity (Wildman–Crippen MR) is 160 cm³/mol. The Morgan fingerprint density at radius 3 is 2.07 bits per heavy atom. The van der Waals surface area contributed by atoms with Crippen LogP contribution in [0.4, 0.5) is 11.4 Å². The first kappa shape index (κ1) is 28.9. The van der Waals surface area contributed by atoms with E-state index >= 15 is 0 Å². The van der Waals surface area contributed by atoms with E-state index in [9.17, 15) is 9.59 Å². The number of benzene rings is 3. The molecule has 0 aromatic heterocycles. The minimum atomic E-state index is -0.726. The van der Waals surface area contributed by atoms with Crippen LogP contribution in [-0.2, 0) is 9.59 Å². The van der Waals surface area contributed by atoms with Crippen molar-refractivity contribution in [3.05, 3.63) is 77.0 Å². The Morgan fingerprint density at radius 1 is 0.810 bits per heavy atom. The summed E-state index contributed by atoms with van der Waals surface area (Å²) in [6.07, 6.45) is 1.07. The minimum absolute atomic E-state index is 0.0519. The van der Waals surface area contributed by atoms with Gasteiger partial charge in [-0.1, -0.05) is 25.1 Å². The van der Waals surface area contributed by atoms with Crippen LogP contribution in [0.3, 0.4) is 0 Å². The molecular weight excluding hydrogens is 536 g/mol. The third kappa shape index (κ3) is 5.00. The molecular formula is C33H36N2O7. The second-order valence-corrected chi connectivity index (χ2v) is 10.2. The third-order valence-corrected chi connectivity index (χ3v) is 7.94. The molecule has 0 saturated carbocycles. The maximum absolute atomic E-state index is 14.3. The molecule has 0 fully saturated rings. The van der Waals surface area contributed by atoms with Crippen LogP contribution in [0.2, 0.25) is 0 Å². The van der Waals surface area contributed by atoms with Gasteiger partial charge >= 0.3 is 0 Å². The smallest absolute Gasteiger partial charge is 0.227 e. The van der Waals surface area contributed by atoms with Crippen LogP contribution in [0.5, 0.6) is 28.7 Å². The maximum atomic E-state index is 14.3. The molecule has 1 N–H and O–H groups in total. The summed E-state index contributed by atoms with van der Waals surface area (Å²) >= 11 is 0. The molecule has 42 heavy (non-hydrogen) atoms. The summed E-state index contributed by atoms with van der Waals surface area (Å²) in [5.74, 6) is 2.27. The van der Waals surface area contributed by atoms with E-state index in [0.29, 0.717) is 52.0 Å². The van der Waals surface area contributed by atoms with Gasteiger partial charge in [0.15, 0.2) is 28.8 Å². The Kier molecular flexibility index (Phi) is 8.29. The van der Waals surface area contributed by atoms with E-state index in [1.165, 1.54) is 0 Å². The van der Waals surface area contributed by atoms with Gasteiger partial charge < -0.3 is 29.0 Å². The lowest BCUT2D eigenvalue weighted by atomic mass is 9.78. The number of allylic oxidation sites excluding steroid dienone is 1. The molecule has 9 heteroatoms. The number of para-hydroxylation sites is 2. The highest BCUT2D eigenvalue weighted by molar-refractivity contribution is 6.06. The third-order valence-electron chi connectivity index (χ3n) is 7.94. The monoisotopic (exact) mass is 572 g/mol. The molecule has 2 atom stereocenters. The lowest BCUT2D eigenvalue weighted by Gasteiger charge is -2.35. The number of hydrogen-bond acceptors (Lipinski definition) is 8. The van der Waals surface area contributed by atoms with Crippen LogP contribution in [0, 0.1) is 0 Å². The van der Waals surface area contributed by atoms with Crippen molar-refractivity contribution in [2.24, 2.45) is 0 Å². The SMILES string of the molecule is CCC(=O)N1c2ccccc2NC2=C(C(=O)C[C@@H](c3ccc(OC)c(OC)c3)C2)[C@H]1c1cc(OC)c(OC)c(OC)c1. The molecule has 0 saturated heterocycles. The topological polar surface area (TPSA) is 95.6 Å². The number of Topliss-reactive ketones (excluding diaryl/α,β-unsaturated/α-hetero) is 1. The van der Waals surface area contributed by atoms with E-state index in [2.05, 4.69) is 5.32 Å². The van der Waals surface area contributed by atoms with E-state index in [0.717, 1.165) is 16.9 Å². The van der Waals surface area contributed by atoms with Gasteiger partial charge in [-0.25, -0.2) is 0 Å². The number of nitrogens with one attached hydrogen (secondary N) is 1. The number of carbonyl (C=O) groups excluding carboxylic acids is 2. The highest BCUT2D eigenvalue weighted by Crippen LogP contribution is 2.50. The second kappa shape index (κ2) is 12.1. The summed E-state index contributed by atoms with van der Waals surface area (Å²) in [5.41, 5.74) is 4.39. The van der Waals surface area contributed by atoms with Crippen LogP contribution in [-0.4, -0.2) is 47.2 Å². The first-order chi connectivity index (χ1) is 20.4. The van der Waals surface area contributed by atoms with E-state index in [4.69, 9.17) is 23.7 Å². The number of ether oxygens (including phenoxy) is 5. The van der Waals surface area contributed by atoms with Gasteiger partial charge in [0, 0.05) is 24.1 Å². The molecule has 220 valence electrons. The lowest BCUT2D eigenvalue weighted by Crippen LogP contribution is -2.38. The quantitative estimate of drug-likeness (QED) is 0.349. The Hall–Kier alpha value is -4.66. The lowest BCUT2D eigenvalue weighted by molar-refractivity contribution is -0.119. The predicted octanol–water partition coefficient (Wildman–Crippen LogP) is 6.04. The van der Waals surface area contributed by atoms with Gasteiger partial charge in [-0.05, 0) is 59.9 Å². The second-order valence-electron chi connectivity index (χ2n) is 10.2. The molecule has 1 amide bonds. The molecule has 0 spiro atoms. The van der Waals surface area contributed by atoms with Gasteiger partial charge in [-0.15, -0.1) is 0 Å². The largest absolute Gasteiger partial charge is 0.493 e. The van der Waals surface area contributed by atoms with Gasteiger partial charge in [-0.2, -0.15) is 0 Å². The summed E-state index contributed by atoms with van der Waals surface area (Å²) in [7, 11) is 7.82. The summed E-state index contributed by atoms with van der Waals surface area (Å²) in [6.45, 7) is 1.82. The standard InChI is InChI=1S/C33H36N2O7/c1-7-30(37)35-24-11-9-8-10-22(24)34-23-14-20(19-12-13-26(38-2)27(16-19)39-3)15-25(36)31(23)32(35)21-17-28(40-4)33(42-6)29(18-21)41-5/h8-13,16-18,20,32,34H,7,14-15H2,1-6H3/t20-,32+/m0/s1. The van der Waals surface area contributed by atoms with Gasteiger partial charge in [0.05, 0.1) is 53.0 Å². The Balaban J connectivity index is 1.73. The number of rotatable bonds is 8. The van der Waals surface area contributed by atoms with Crippen LogP contribution < -0.4 is 33.9 Å². The van der Waals surface area contributed by atoms with Crippen molar-refractivity contribution in [1.82, 2.24) is 0 Å². The fourth-order valence-corrected chi connectivity index (χ4v) is 5.95. The molecule has 0 radical (unpaired) electrons. The summed E-state index contributed by atoms with van der Waals surface area (Å²) in [4.78, 5) is 29.8. The van der Waals surface area contributed by atoms with Crippen molar-refractivity contribution < 1.29 is 33.3 Å². The molecule has 1 aliphatic carbocycles. The zero-order valence-electron chi connectivity index (χ0n) is 24.8.